The van der Waals surface area contributed by atoms with Gasteiger partial charge in [-0.2, -0.15) is 10.7 Å². The van der Waals surface area contributed by atoms with Crippen molar-refractivity contribution < 1.29 is 9.53 Å². The Morgan fingerprint density at radius 1 is 1.62 bits per heavy atom. The molecule has 0 saturated carbocycles. The molecule has 0 atom stereocenters. The lowest BCUT2D eigenvalue weighted by Gasteiger charge is -2.27. The zero-order valence-electron chi connectivity index (χ0n) is 8.67. The highest BCUT2D eigenvalue weighted by atomic mass is 35.5. The minimum absolute atomic E-state index is 0.00215. The number of ether oxygens (including phenoxy) is 1. The van der Waals surface area contributed by atoms with Crippen molar-refractivity contribution in [2.24, 2.45) is 5.10 Å². The number of allylic oxidation sites excluding steroid dienone is 1. The quantitative estimate of drug-likeness (QED) is 0.589. The molecule has 1 heterocycles. The van der Waals surface area contributed by atoms with Crippen LogP contribution in [0.3, 0.4) is 0 Å². The van der Waals surface area contributed by atoms with Gasteiger partial charge in [-0.25, -0.2) is 10.2 Å². The van der Waals surface area contributed by atoms with Crippen LogP contribution in [0.4, 0.5) is 0 Å². The number of nitrogens with one attached hydrogen (secondary N) is 2. The van der Waals surface area contributed by atoms with Gasteiger partial charge >= 0.3 is 5.97 Å². The van der Waals surface area contributed by atoms with E-state index in [9.17, 15) is 4.79 Å². The molecular weight excluding hydrogens is 255 g/mol. The SMILES string of the molecule is C=C(C)C(=O)OC1=C(Cl)C(Cl)=NNN1NC. The lowest BCUT2D eigenvalue weighted by molar-refractivity contribution is -0.139. The van der Waals surface area contributed by atoms with Gasteiger partial charge in [-0.15, -0.1) is 5.10 Å². The molecule has 1 rings (SSSR count). The van der Waals surface area contributed by atoms with Gasteiger partial charge in [-0.1, -0.05) is 29.8 Å². The van der Waals surface area contributed by atoms with Gasteiger partial charge < -0.3 is 4.74 Å². The van der Waals surface area contributed by atoms with E-state index >= 15 is 0 Å². The molecular formula is C8H10Cl2N4O2. The molecule has 0 aromatic heterocycles. The van der Waals surface area contributed by atoms with Crippen molar-refractivity contribution in [1.29, 1.82) is 0 Å². The highest BCUT2D eigenvalue weighted by Crippen LogP contribution is 2.20. The lowest BCUT2D eigenvalue weighted by atomic mass is 10.4. The van der Waals surface area contributed by atoms with Crippen LogP contribution in [0, 0.1) is 0 Å². The van der Waals surface area contributed by atoms with Crippen molar-refractivity contribution in [3.8, 4) is 0 Å². The summed E-state index contributed by atoms with van der Waals surface area (Å²) in [6.07, 6.45) is 0. The Morgan fingerprint density at radius 2 is 2.25 bits per heavy atom. The number of esters is 1. The molecule has 0 fully saturated rings. The van der Waals surface area contributed by atoms with E-state index in [1.165, 1.54) is 12.0 Å². The maximum Gasteiger partial charge on any atom is 0.339 e. The molecule has 8 heteroatoms. The summed E-state index contributed by atoms with van der Waals surface area (Å²) in [5.41, 5.74) is 5.37. The van der Waals surface area contributed by atoms with Crippen LogP contribution < -0.4 is 11.0 Å². The molecule has 88 valence electrons. The van der Waals surface area contributed by atoms with E-state index in [4.69, 9.17) is 27.9 Å². The molecule has 16 heavy (non-hydrogen) atoms. The average molecular weight is 265 g/mol. The van der Waals surface area contributed by atoms with Gasteiger partial charge in [0.25, 0.3) is 5.88 Å². The van der Waals surface area contributed by atoms with E-state index in [0.29, 0.717) is 0 Å². The van der Waals surface area contributed by atoms with Crippen molar-refractivity contribution in [2.45, 2.75) is 6.92 Å². The standard InChI is InChI=1S/C8H10Cl2N4O2/c1-4(2)8(15)16-7-5(9)6(10)12-13-14(7)11-3/h11,13H,1H2,2-3H3. The summed E-state index contributed by atoms with van der Waals surface area (Å²) < 4.78 is 4.98. The van der Waals surface area contributed by atoms with Crippen molar-refractivity contribution in [3.63, 3.8) is 0 Å². The third-order valence-electron chi connectivity index (χ3n) is 1.58. The molecule has 2 N–H and O–H groups in total. The predicted molar refractivity (Wildman–Crippen MR) is 61.1 cm³/mol. The first kappa shape index (κ1) is 12.8. The van der Waals surface area contributed by atoms with Crippen LogP contribution in [-0.2, 0) is 9.53 Å². The number of carbonyl (C=O) groups is 1. The van der Waals surface area contributed by atoms with Crippen LogP contribution in [0.2, 0.25) is 0 Å². The molecule has 0 bridgehead atoms. The smallest absolute Gasteiger partial charge is 0.339 e. The van der Waals surface area contributed by atoms with E-state index < -0.39 is 5.97 Å². The van der Waals surface area contributed by atoms with E-state index in [0.717, 1.165) is 0 Å². The highest BCUT2D eigenvalue weighted by Gasteiger charge is 2.24. The number of halogens is 2. The van der Waals surface area contributed by atoms with Crippen molar-refractivity contribution in [3.05, 3.63) is 23.1 Å². The van der Waals surface area contributed by atoms with Crippen molar-refractivity contribution >= 4 is 34.3 Å². The lowest BCUT2D eigenvalue weighted by Crippen LogP contribution is -2.47. The third-order valence-corrected chi connectivity index (χ3v) is 2.29. The maximum absolute atomic E-state index is 11.3. The number of hydrazone groups is 1. The van der Waals surface area contributed by atoms with Crippen LogP contribution in [0.5, 0.6) is 0 Å². The Hall–Kier alpha value is -1.24. The second-order valence-electron chi connectivity index (χ2n) is 2.85. The van der Waals surface area contributed by atoms with Crippen LogP contribution in [-0.4, -0.2) is 23.3 Å². The Balaban J connectivity index is 2.95. The fourth-order valence-electron chi connectivity index (χ4n) is 0.792. The summed E-state index contributed by atoms with van der Waals surface area (Å²) in [5.74, 6) is -0.598. The highest BCUT2D eigenvalue weighted by molar-refractivity contribution is 6.76. The molecule has 0 saturated heterocycles. The summed E-state index contributed by atoms with van der Waals surface area (Å²) in [6, 6.07) is 0. The largest absolute Gasteiger partial charge is 0.401 e. The first-order valence-corrected chi connectivity index (χ1v) is 4.97. The Morgan fingerprint density at radius 3 is 2.75 bits per heavy atom. The van der Waals surface area contributed by atoms with Crippen LogP contribution in [0.1, 0.15) is 6.92 Å². The first-order chi connectivity index (χ1) is 7.47. The zero-order valence-corrected chi connectivity index (χ0v) is 10.2. The Kier molecular flexibility index (Phi) is 4.17. The number of nitrogens with zero attached hydrogens (tertiary/aromatic N) is 2. The summed E-state index contributed by atoms with van der Waals surface area (Å²) >= 11 is 11.5. The fourth-order valence-corrected chi connectivity index (χ4v) is 1.08. The monoisotopic (exact) mass is 264 g/mol. The first-order valence-electron chi connectivity index (χ1n) is 4.21. The molecule has 1 aliphatic rings. The van der Waals surface area contributed by atoms with Gasteiger partial charge in [0, 0.05) is 12.6 Å². The molecule has 0 amide bonds. The fraction of sp³-hybridized carbons (Fsp3) is 0.250. The van der Waals surface area contributed by atoms with Gasteiger partial charge in [0.15, 0.2) is 5.17 Å². The number of hydrogen-bond acceptors (Lipinski definition) is 6. The number of hydrogen-bond donors (Lipinski definition) is 2. The van der Waals surface area contributed by atoms with Crippen LogP contribution in [0.25, 0.3) is 0 Å². The van der Waals surface area contributed by atoms with E-state index in [-0.39, 0.29) is 21.7 Å². The summed E-state index contributed by atoms with van der Waals surface area (Å²) in [7, 11) is 1.58. The Bertz CT molecular complexity index is 391. The zero-order chi connectivity index (χ0) is 12.3. The topological polar surface area (TPSA) is 66.0 Å². The molecule has 1 aliphatic heterocycles. The predicted octanol–water partition coefficient (Wildman–Crippen LogP) is 1.02. The molecule has 0 unspecified atom stereocenters. The summed E-state index contributed by atoms with van der Waals surface area (Å²) in [6.45, 7) is 4.97. The van der Waals surface area contributed by atoms with Gasteiger partial charge in [-0.05, 0) is 6.92 Å². The van der Waals surface area contributed by atoms with Crippen molar-refractivity contribution in [2.75, 3.05) is 7.05 Å². The normalized spacial score (nSPS) is 15.5. The number of rotatable bonds is 3. The van der Waals surface area contributed by atoms with Crippen LogP contribution >= 0.6 is 23.2 Å². The average Bonchev–Trinajstić information content (AvgIpc) is 2.25. The maximum atomic E-state index is 11.3. The molecule has 0 aliphatic carbocycles. The molecule has 0 spiro atoms. The summed E-state index contributed by atoms with van der Waals surface area (Å²) in [5, 5.41) is 4.88. The second-order valence-corrected chi connectivity index (χ2v) is 3.59. The second kappa shape index (κ2) is 5.20. The minimum Gasteiger partial charge on any atom is -0.401 e. The summed E-state index contributed by atoms with van der Waals surface area (Å²) in [4.78, 5) is 11.3. The molecule has 0 radical (unpaired) electrons. The van der Waals surface area contributed by atoms with Gasteiger partial charge in [0.05, 0.1) is 0 Å². The molecule has 6 nitrogen and oxygen atoms in total. The van der Waals surface area contributed by atoms with E-state index in [2.05, 4.69) is 22.6 Å². The number of carbonyl (C=O) groups excluding carboxylic acids is 1. The Labute approximate surface area is 102 Å². The van der Waals surface area contributed by atoms with Crippen molar-refractivity contribution in [1.82, 2.24) is 16.1 Å². The van der Waals surface area contributed by atoms with Gasteiger partial charge in [0.2, 0.25) is 0 Å². The van der Waals surface area contributed by atoms with E-state index in [1.807, 2.05) is 0 Å². The van der Waals surface area contributed by atoms with Gasteiger partial charge in [-0.3, -0.25) is 0 Å². The minimum atomic E-state index is -0.610. The third kappa shape index (κ3) is 2.66. The van der Waals surface area contributed by atoms with Crippen LogP contribution in [0.15, 0.2) is 28.2 Å². The van der Waals surface area contributed by atoms with Gasteiger partial charge in [0.1, 0.15) is 5.03 Å². The molecule has 0 aromatic carbocycles. The molecule has 0 aromatic rings. The van der Waals surface area contributed by atoms with E-state index in [1.54, 1.807) is 7.05 Å². The number of hydrazine groups is 2.